The second-order valence-electron chi connectivity index (χ2n) is 5.59. The van der Waals surface area contributed by atoms with Crippen LogP contribution in [-0.4, -0.2) is 35.0 Å². The lowest BCUT2D eigenvalue weighted by atomic mass is 10.1. The van der Waals surface area contributed by atoms with Gasteiger partial charge in [0.05, 0.1) is 12.8 Å². The molecule has 0 saturated carbocycles. The summed E-state index contributed by atoms with van der Waals surface area (Å²) in [5.74, 6) is 1.50. The van der Waals surface area contributed by atoms with Gasteiger partial charge in [-0.25, -0.2) is 0 Å². The maximum absolute atomic E-state index is 5.77. The molecule has 0 amide bonds. The molecule has 6 nitrogen and oxygen atoms in total. The van der Waals surface area contributed by atoms with E-state index in [2.05, 4.69) is 15.4 Å². The van der Waals surface area contributed by atoms with Crippen LogP contribution < -0.4 is 14.8 Å². The van der Waals surface area contributed by atoms with E-state index in [-0.39, 0.29) is 0 Å². The number of rotatable bonds is 8. The van der Waals surface area contributed by atoms with E-state index < -0.39 is 0 Å². The molecule has 3 rings (SSSR count). The van der Waals surface area contributed by atoms with E-state index in [1.54, 1.807) is 19.5 Å². The van der Waals surface area contributed by atoms with Crippen molar-refractivity contribution >= 4 is 0 Å². The van der Waals surface area contributed by atoms with Gasteiger partial charge in [-0.2, -0.15) is 5.10 Å². The summed E-state index contributed by atoms with van der Waals surface area (Å²) in [5.41, 5.74) is 3.19. The van der Waals surface area contributed by atoms with Gasteiger partial charge in [-0.3, -0.25) is 9.67 Å². The Morgan fingerprint density at radius 1 is 1.08 bits per heavy atom. The Morgan fingerprint density at radius 2 is 1.84 bits per heavy atom. The molecule has 1 N–H and O–H groups in total. The normalized spacial score (nSPS) is 10.6. The lowest BCUT2D eigenvalue weighted by molar-refractivity contribution is 0.292. The molecule has 0 atom stereocenters. The lowest BCUT2D eigenvalue weighted by Gasteiger charge is -2.10. The van der Waals surface area contributed by atoms with Gasteiger partial charge in [0.25, 0.3) is 0 Å². The molecule has 25 heavy (non-hydrogen) atoms. The van der Waals surface area contributed by atoms with Crippen molar-refractivity contribution in [3.8, 4) is 22.8 Å². The first-order valence-electron chi connectivity index (χ1n) is 8.17. The standard InChI is InChI=1S/C19H22N4O2/c1-23-14-16(19(22-23)15-7-9-20-10-8-15)13-21-11-12-25-18-6-4-3-5-17(18)24-2/h3-10,14,21H,11-13H2,1-2H3. The highest BCUT2D eigenvalue weighted by molar-refractivity contribution is 5.61. The van der Waals surface area contributed by atoms with Crippen molar-refractivity contribution < 1.29 is 9.47 Å². The van der Waals surface area contributed by atoms with Gasteiger partial charge in [0.2, 0.25) is 0 Å². The van der Waals surface area contributed by atoms with E-state index in [9.17, 15) is 0 Å². The molecule has 0 bridgehead atoms. The van der Waals surface area contributed by atoms with Crippen LogP contribution in [0.2, 0.25) is 0 Å². The van der Waals surface area contributed by atoms with Crippen molar-refractivity contribution in [1.29, 1.82) is 0 Å². The summed E-state index contributed by atoms with van der Waals surface area (Å²) in [7, 11) is 3.57. The largest absolute Gasteiger partial charge is 0.493 e. The summed E-state index contributed by atoms with van der Waals surface area (Å²) in [6.07, 6.45) is 5.59. The van der Waals surface area contributed by atoms with Crippen LogP contribution in [0.3, 0.4) is 0 Å². The van der Waals surface area contributed by atoms with Gasteiger partial charge in [0.15, 0.2) is 11.5 Å². The number of aryl methyl sites for hydroxylation is 1. The van der Waals surface area contributed by atoms with Gasteiger partial charge in [-0.15, -0.1) is 0 Å². The summed E-state index contributed by atoms with van der Waals surface area (Å²) < 4.78 is 12.9. The Morgan fingerprint density at radius 3 is 2.60 bits per heavy atom. The zero-order chi connectivity index (χ0) is 17.5. The monoisotopic (exact) mass is 338 g/mol. The lowest BCUT2D eigenvalue weighted by Crippen LogP contribution is -2.20. The molecule has 0 aliphatic rings. The molecule has 2 heterocycles. The predicted molar refractivity (Wildman–Crippen MR) is 96.6 cm³/mol. The number of nitrogens with one attached hydrogen (secondary N) is 1. The third-order valence-electron chi connectivity index (χ3n) is 3.78. The Labute approximate surface area is 147 Å². The summed E-state index contributed by atoms with van der Waals surface area (Å²) in [6.45, 7) is 2.01. The van der Waals surface area contributed by atoms with Crippen molar-refractivity contribution in [2.45, 2.75) is 6.54 Å². The van der Waals surface area contributed by atoms with Crippen molar-refractivity contribution in [3.63, 3.8) is 0 Å². The molecule has 0 radical (unpaired) electrons. The zero-order valence-electron chi connectivity index (χ0n) is 14.5. The fourth-order valence-electron chi connectivity index (χ4n) is 2.61. The molecular weight excluding hydrogens is 316 g/mol. The molecule has 0 spiro atoms. The molecule has 0 saturated heterocycles. The number of nitrogens with zero attached hydrogens (tertiary/aromatic N) is 3. The maximum Gasteiger partial charge on any atom is 0.161 e. The van der Waals surface area contributed by atoms with E-state index in [0.29, 0.717) is 6.61 Å². The highest BCUT2D eigenvalue weighted by atomic mass is 16.5. The minimum atomic E-state index is 0.561. The number of methoxy groups -OCH3 is 1. The quantitative estimate of drug-likeness (QED) is 0.640. The fourth-order valence-corrected chi connectivity index (χ4v) is 2.61. The number of ether oxygens (including phenoxy) is 2. The van der Waals surface area contributed by atoms with Crippen LogP contribution in [0, 0.1) is 0 Å². The second kappa shape index (κ2) is 8.30. The number of pyridine rings is 1. The Hall–Kier alpha value is -2.86. The average molecular weight is 338 g/mol. The fraction of sp³-hybridized carbons (Fsp3) is 0.263. The van der Waals surface area contributed by atoms with Crippen LogP contribution in [0.25, 0.3) is 11.3 Å². The van der Waals surface area contributed by atoms with Crippen LogP contribution in [-0.2, 0) is 13.6 Å². The maximum atomic E-state index is 5.77. The van der Waals surface area contributed by atoms with Crippen LogP contribution >= 0.6 is 0 Å². The van der Waals surface area contributed by atoms with Gasteiger partial charge in [-0.05, 0) is 24.3 Å². The summed E-state index contributed by atoms with van der Waals surface area (Å²) in [4.78, 5) is 4.06. The zero-order valence-corrected chi connectivity index (χ0v) is 14.5. The second-order valence-corrected chi connectivity index (χ2v) is 5.59. The minimum absolute atomic E-state index is 0.561. The number of aromatic nitrogens is 3. The van der Waals surface area contributed by atoms with E-state index in [1.807, 2.05) is 54.3 Å². The summed E-state index contributed by atoms with van der Waals surface area (Å²) in [5, 5.41) is 7.95. The first kappa shape index (κ1) is 17.0. The number of hydrogen-bond donors (Lipinski definition) is 1. The molecule has 130 valence electrons. The highest BCUT2D eigenvalue weighted by Crippen LogP contribution is 2.25. The molecule has 0 unspecified atom stereocenters. The first-order valence-corrected chi connectivity index (χ1v) is 8.17. The molecule has 1 aromatic carbocycles. The SMILES string of the molecule is COc1ccccc1OCCNCc1cn(C)nc1-c1ccncc1. The Kier molecular flexibility index (Phi) is 5.64. The van der Waals surface area contributed by atoms with Crippen molar-refractivity contribution in [2.24, 2.45) is 7.05 Å². The third-order valence-corrected chi connectivity index (χ3v) is 3.78. The molecule has 0 fully saturated rings. The van der Waals surface area contributed by atoms with Crippen molar-refractivity contribution in [3.05, 3.63) is 60.6 Å². The Balaban J connectivity index is 1.53. The number of hydrogen-bond acceptors (Lipinski definition) is 5. The third kappa shape index (κ3) is 4.36. The molecule has 6 heteroatoms. The molecule has 0 aliphatic carbocycles. The van der Waals surface area contributed by atoms with Gasteiger partial charge in [0.1, 0.15) is 6.61 Å². The molecular formula is C19H22N4O2. The number of para-hydroxylation sites is 2. The van der Waals surface area contributed by atoms with E-state index in [0.717, 1.165) is 41.4 Å². The topological polar surface area (TPSA) is 61.2 Å². The summed E-state index contributed by atoms with van der Waals surface area (Å²) >= 11 is 0. The van der Waals surface area contributed by atoms with Crippen LogP contribution in [0.1, 0.15) is 5.56 Å². The van der Waals surface area contributed by atoms with Crippen LogP contribution in [0.15, 0.2) is 55.0 Å². The molecule has 3 aromatic rings. The van der Waals surface area contributed by atoms with Gasteiger partial charge >= 0.3 is 0 Å². The van der Waals surface area contributed by atoms with E-state index in [1.165, 1.54) is 0 Å². The molecule has 2 aromatic heterocycles. The van der Waals surface area contributed by atoms with E-state index >= 15 is 0 Å². The van der Waals surface area contributed by atoms with Gasteiger partial charge < -0.3 is 14.8 Å². The van der Waals surface area contributed by atoms with Crippen LogP contribution in [0.4, 0.5) is 0 Å². The highest BCUT2D eigenvalue weighted by Gasteiger charge is 2.09. The molecule has 0 aliphatic heterocycles. The first-order chi connectivity index (χ1) is 12.3. The van der Waals surface area contributed by atoms with Crippen molar-refractivity contribution in [2.75, 3.05) is 20.3 Å². The average Bonchev–Trinajstić information content (AvgIpc) is 3.03. The van der Waals surface area contributed by atoms with Gasteiger partial charge in [-0.1, -0.05) is 12.1 Å². The number of benzene rings is 1. The van der Waals surface area contributed by atoms with Gasteiger partial charge in [0, 0.05) is 49.9 Å². The minimum Gasteiger partial charge on any atom is -0.493 e. The predicted octanol–water partition coefficient (Wildman–Crippen LogP) is 2.66. The smallest absolute Gasteiger partial charge is 0.161 e. The summed E-state index contributed by atoms with van der Waals surface area (Å²) in [6, 6.07) is 11.6. The Bertz CT molecular complexity index is 802. The van der Waals surface area contributed by atoms with Crippen molar-refractivity contribution in [1.82, 2.24) is 20.1 Å². The van der Waals surface area contributed by atoms with E-state index in [4.69, 9.17) is 9.47 Å². The van der Waals surface area contributed by atoms with Crippen LogP contribution in [0.5, 0.6) is 11.5 Å².